The second-order valence-electron chi connectivity index (χ2n) is 5.56. The lowest BCUT2D eigenvalue weighted by Gasteiger charge is -2.36. The molecular weight excluding hydrogens is 266 g/mol. The van der Waals surface area contributed by atoms with Crippen molar-refractivity contribution in [3.8, 4) is 0 Å². The lowest BCUT2D eigenvalue weighted by Crippen LogP contribution is -2.44. The molecule has 116 valence electrons. The summed E-state index contributed by atoms with van der Waals surface area (Å²) in [5.74, 6) is 1.31. The molecule has 21 heavy (non-hydrogen) atoms. The molecule has 6 nitrogen and oxygen atoms in total. The minimum Gasteiger partial charge on any atom is -0.355 e. The number of anilines is 1. The van der Waals surface area contributed by atoms with Gasteiger partial charge in [-0.1, -0.05) is 0 Å². The van der Waals surface area contributed by atoms with Gasteiger partial charge in [-0.3, -0.25) is 4.79 Å². The summed E-state index contributed by atoms with van der Waals surface area (Å²) in [6.07, 6.45) is 2.40. The maximum absolute atomic E-state index is 11.7. The van der Waals surface area contributed by atoms with Crippen molar-refractivity contribution < 1.29 is 4.79 Å². The van der Waals surface area contributed by atoms with Crippen molar-refractivity contribution in [2.75, 3.05) is 31.6 Å². The quantitative estimate of drug-likeness (QED) is 0.848. The Morgan fingerprint density at radius 3 is 2.90 bits per heavy atom. The standard InChI is InChI=1S/C15H25N5O/c1-4-17-15(21)13-7-8-14(19-18-13)20-9-5-6-12(10-20)11(2)16-3/h7-8,11-12,16H,4-6,9-10H2,1-3H3,(H,17,21). The van der Waals surface area contributed by atoms with Gasteiger partial charge < -0.3 is 15.5 Å². The number of nitrogens with zero attached hydrogens (tertiary/aromatic N) is 3. The van der Waals surface area contributed by atoms with Crippen LogP contribution in [0.2, 0.25) is 0 Å². The van der Waals surface area contributed by atoms with Crippen LogP contribution in [0.3, 0.4) is 0 Å². The highest BCUT2D eigenvalue weighted by molar-refractivity contribution is 5.92. The number of carbonyl (C=O) groups is 1. The molecule has 0 saturated carbocycles. The molecule has 0 aromatic carbocycles. The Hall–Kier alpha value is -1.69. The summed E-state index contributed by atoms with van der Waals surface area (Å²) < 4.78 is 0. The van der Waals surface area contributed by atoms with E-state index in [0.717, 1.165) is 25.3 Å². The van der Waals surface area contributed by atoms with Crippen molar-refractivity contribution in [2.24, 2.45) is 5.92 Å². The number of rotatable bonds is 5. The van der Waals surface area contributed by atoms with Gasteiger partial charge in [0, 0.05) is 25.7 Å². The van der Waals surface area contributed by atoms with Gasteiger partial charge in [0.25, 0.3) is 5.91 Å². The van der Waals surface area contributed by atoms with Gasteiger partial charge in [-0.25, -0.2) is 0 Å². The van der Waals surface area contributed by atoms with Gasteiger partial charge in [-0.15, -0.1) is 10.2 Å². The van der Waals surface area contributed by atoms with Gasteiger partial charge >= 0.3 is 0 Å². The summed E-state index contributed by atoms with van der Waals surface area (Å²) in [7, 11) is 2.00. The van der Waals surface area contributed by atoms with Gasteiger partial charge in [0.2, 0.25) is 0 Å². The largest absolute Gasteiger partial charge is 0.355 e. The molecule has 2 N–H and O–H groups in total. The molecule has 1 amide bonds. The highest BCUT2D eigenvalue weighted by atomic mass is 16.1. The Morgan fingerprint density at radius 2 is 2.29 bits per heavy atom. The molecule has 0 spiro atoms. The normalized spacial score (nSPS) is 20.1. The van der Waals surface area contributed by atoms with Gasteiger partial charge in [0.05, 0.1) is 0 Å². The first-order chi connectivity index (χ1) is 10.2. The molecule has 2 heterocycles. The molecule has 0 bridgehead atoms. The average Bonchev–Trinajstić information content (AvgIpc) is 2.54. The molecule has 2 atom stereocenters. The number of carbonyl (C=O) groups excluding carboxylic acids is 1. The average molecular weight is 291 g/mol. The van der Waals surface area contributed by atoms with E-state index < -0.39 is 0 Å². The van der Waals surface area contributed by atoms with Crippen LogP contribution in [-0.4, -0.2) is 48.8 Å². The molecule has 0 radical (unpaired) electrons. The fourth-order valence-corrected chi connectivity index (χ4v) is 2.73. The van der Waals surface area contributed by atoms with Crippen LogP contribution < -0.4 is 15.5 Å². The highest BCUT2D eigenvalue weighted by Crippen LogP contribution is 2.23. The second kappa shape index (κ2) is 7.36. The maximum Gasteiger partial charge on any atom is 0.271 e. The number of hydrogen-bond donors (Lipinski definition) is 2. The van der Waals surface area contributed by atoms with Crippen LogP contribution in [0, 0.1) is 5.92 Å². The lowest BCUT2D eigenvalue weighted by molar-refractivity contribution is 0.0950. The third-order valence-electron chi connectivity index (χ3n) is 4.16. The van der Waals surface area contributed by atoms with Gasteiger partial charge in [0.15, 0.2) is 11.5 Å². The summed E-state index contributed by atoms with van der Waals surface area (Å²) in [4.78, 5) is 13.9. The van der Waals surface area contributed by atoms with Crippen LogP contribution in [0.5, 0.6) is 0 Å². The van der Waals surface area contributed by atoms with Gasteiger partial charge in [0.1, 0.15) is 0 Å². The Kier molecular flexibility index (Phi) is 5.50. The summed E-state index contributed by atoms with van der Waals surface area (Å²) in [5, 5.41) is 14.3. The van der Waals surface area contributed by atoms with Crippen molar-refractivity contribution in [2.45, 2.75) is 32.7 Å². The van der Waals surface area contributed by atoms with Crippen molar-refractivity contribution in [1.82, 2.24) is 20.8 Å². The molecule has 1 aromatic heterocycles. The van der Waals surface area contributed by atoms with Gasteiger partial charge in [-0.2, -0.15) is 0 Å². The van der Waals surface area contributed by atoms with Crippen LogP contribution >= 0.6 is 0 Å². The van der Waals surface area contributed by atoms with E-state index in [1.807, 2.05) is 20.0 Å². The van der Waals surface area contributed by atoms with Crippen molar-refractivity contribution in [3.63, 3.8) is 0 Å². The van der Waals surface area contributed by atoms with Gasteiger partial charge in [-0.05, 0) is 51.8 Å². The first-order valence-electron chi connectivity index (χ1n) is 7.69. The number of aromatic nitrogens is 2. The first-order valence-corrected chi connectivity index (χ1v) is 7.69. The van der Waals surface area contributed by atoms with Crippen LogP contribution in [0.4, 0.5) is 5.82 Å². The summed E-state index contributed by atoms with van der Waals surface area (Å²) >= 11 is 0. The Balaban J connectivity index is 2.03. The fraction of sp³-hybridized carbons (Fsp3) is 0.667. The number of hydrogen-bond acceptors (Lipinski definition) is 5. The minimum atomic E-state index is -0.170. The smallest absolute Gasteiger partial charge is 0.271 e. The predicted octanol–water partition coefficient (Wildman–Crippen LogP) is 1.05. The molecule has 1 aliphatic heterocycles. The topological polar surface area (TPSA) is 70.2 Å². The fourth-order valence-electron chi connectivity index (χ4n) is 2.73. The minimum absolute atomic E-state index is 0.170. The van der Waals surface area contributed by atoms with Crippen LogP contribution in [0.15, 0.2) is 12.1 Å². The Morgan fingerprint density at radius 1 is 1.48 bits per heavy atom. The zero-order valence-electron chi connectivity index (χ0n) is 13.1. The monoisotopic (exact) mass is 291 g/mol. The third kappa shape index (κ3) is 3.91. The predicted molar refractivity (Wildman–Crippen MR) is 83.5 cm³/mol. The zero-order chi connectivity index (χ0) is 15.2. The number of nitrogens with one attached hydrogen (secondary N) is 2. The first kappa shape index (κ1) is 15.7. The Bertz CT molecular complexity index is 462. The van der Waals surface area contributed by atoms with E-state index in [9.17, 15) is 4.79 Å². The van der Waals surface area contributed by atoms with Crippen molar-refractivity contribution in [1.29, 1.82) is 0 Å². The van der Waals surface area contributed by atoms with Crippen molar-refractivity contribution >= 4 is 11.7 Å². The molecule has 1 fully saturated rings. The van der Waals surface area contributed by atoms with Crippen LogP contribution in [0.25, 0.3) is 0 Å². The maximum atomic E-state index is 11.7. The van der Waals surface area contributed by atoms with E-state index in [0.29, 0.717) is 24.2 Å². The number of piperidine rings is 1. The highest BCUT2D eigenvalue weighted by Gasteiger charge is 2.24. The van der Waals surface area contributed by atoms with E-state index >= 15 is 0 Å². The van der Waals surface area contributed by atoms with Crippen LogP contribution in [-0.2, 0) is 0 Å². The van der Waals surface area contributed by atoms with E-state index in [1.54, 1.807) is 6.07 Å². The van der Waals surface area contributed by atoms with E-state index in [2.05, 4.69) is 32.7 Å². The molecule has 0 aliphatic carbocycles. The summed E-state index contributed by atoms with van der Waals surface area (Å²) in [5.41, 5.74) is 0.373. The third-order valence-corrected chi connectivity index (χ3v) is 4.16. The Labute approximate surface area is 126 Å². The second-order valence-corrected chi connectivity index (χ2v) is 5.56. The zero-order valence-corrected chi connectivity index (χ0v) is 13.1. The molecule has 1 aromatic rings. The molecule has 6 heteroatoms. The van der Waals surface area contributed by atoms with E-state index in [4.69, 9.17) is 0 Å². The molecule has 2 rings (SSSR count). The SMILES string of the molecule is CCNC(=O)c1ccc(N2CCCC(C(C)NC)C2)nn1. The molecule has 1 aliphatic rings. The van der Waals surface area contributed by atoms with E-state index in [-0.39, 0.29) is 5.91 Å². The lowest BCUT2D eigenvalue weighted by atomic mass is 9.92. The van der Waals surface area contributed by atoms with E-state index in [1.165, 1.54) is 6.42 Å². The molecule has 2 unspecified atom stereocenters. The summed E-state index contributed by atoms with van der Waals surface area (Å²) in [6, 6.07) is 4.14. The summed E-state index contributed by atoms with van der Waals surface area (Å²) in [6.45, 7) is 6.69. The van der Waals surface area contributed by atoms with Crippen molar-refractivity contribution in [3.05, 3.63) is 17.8 Å². The molecule has 1 saturated heterocycles. The van der Waals surface area contributed by atoms with Crippen LogP contribution in [0.1, 0.15) is 37.2 Å². The molecular formula is C15H25N5O. The number of amides is 1.